The summed E-state index contributed by atoms with van der Waals surface area (Å²) in [5.74, 6) is 1.38. The Bertz CT molecular complexity index is 328. The molecular weight excluding hydrogens is 262 g/mol. The highest BCUT2D eigenvalue weighted by Gasteiger charge is 2.35. The Labute approximate surface area is 129 Å². The number of nitrogens with one attached hydrogen (secondary N) is 1. The normalized spacial score (nSPS) is 27.3. The quantitative estimate of drug-likeness (QED) is 0.818. The van der Waals surface area contributed by atoms with Crippen molar-refractivity contribution in [3.8, 4) is 0 Å². The molecule has 1 saturated carbocycles. The minimum atomic E-state index is -0.225. The van der Waals surface area contributed by atoms with Gasteiger partial charge < -0.3 is 16.0 Å². The van der Waals surface area contributed by atoms with Crippen LogP contribution in [0.5, 0.6) is 0 Å². The van der Waals surface area contributed by atoms with Gasteiger partial charge in [-0.3, -0.25) is 0 Å². The molecule has 2 rings (SSSR count). The molecule has 4 nitrogen and oxygen atoms in total. The molecule has 2 fully saturated rings. The molecule has 1 aliphatic carbocycles. The first-order valence-electron chi connectivity index (χ1n) is 8.86. The van der Waals surface area contributed by atoms with E-state index < -0.39 is 0 Å². The van der Waals surface area contributed by atoms with Crippen LogP contribution in [-0.4, -0.2) is 36.6 Å². The lowest BCUT2D eigenvalue weighted by Crippen LogP contribution is -2.54. The first-order valence-corrected chi connectivity index (χ1v) is 8.86. The number of hydrogen-bond donors (Lipinski definition) is 2. The molecule has 0 aromatic heterocycles. The summed E-state index contributed by atoms with van der Waals surface area (Å²) in [7, 11) is 2.04. The van der Waals surface area contributed by atoms with Gasteiger partial charge in [0.2, 0.25) is 0 Å². The Morgan fingerprint density at radius 3 is 2.48 bits per heavy atom. The lowest BCUT2D eigenvalue weighted by molar-refractivity contribution is 0.0932. The Morgan fingerprint density at radius 2 is 1.86 bits per heavy atom. The second kappa shape index (κ2) is 8.02. The number of piperidine rings is 1. The number of carbonyl (C=O) groups is 1. The third kappa shape index (κ3) is 4.35. The summed E-state index contributed by atoms with van der Waals surface area (Å²) in [6, 6.07) is 0.550. The molecule has 0 bridgehead atoms. The number of nitrogens with two attached hydrogens (primary N) is 1. The molecule has 1 saturated heterocycles. The van der Waals surface area contributed by atoms with Crippen molar-refractivity contribution in [3.63, 3.8) is 0 Å². The fourth-order valence-corrected chi connectivity index (χ4v) is 4.39. The number of amides is 2. The van der Waals surface area contributed by atoms with Gasteiger partial charge in [0, 0.05) is 18.6 Å². The second-order valence-corrected chi connectivity index (χ2v) is 7.08. The van der Waals surface area contributed by atoms with E-state index in [1.165, 1.54) is 44.9 Å². The van der Waals surface area contributed by atoms with Crippen LogP contribution in [0.1, 0.15) is 64.7 Å². The minimum absolute atomic E-state index is 0.225. The van der Waals surface area contributed by atoms with Crippen LogP contribution in [0.25, 0.3) is 0 Å². The number of primary amides is 1. The zero-order chi connectivity index (χ0) is 15.2. The highest BCUT2D eigenvalue weighted by atomic mass is 16.2. The van der Waals surface area contributed by atoms with Crippen molar-refractivity contribution < 1.29 is 4.79 Å². The van der Waals surface area contributed by atoms with Gasteiger partial charge in [0.25, 0.3) is 0 Å². The number of rotatable bonds is 5. The zero-order valence-electron chi connectivity index (χ0n) is 13.8. The van der Waals surface area contributed by atoms with E-state index in [1.807, 2.05) is 11.9 Å². The molecule has 3 N–H and O–H groups in total. The van der Waals surface area contributed by atoms with E-state index in [0.29, 0.717) is 18.0 Å². The maximum absolute atomic E-state index is 11.8. The highest BCUT2D eigenvalue weighted by molar-refractivity contribution is 5.72. The smallest absolute Gasteiger partial charge is 0.315 e. The first kappa shape index (κ1) is 16.6. The lowest BCUT2D eigenvalue weighted by Gasteiger charge is -2.43. The molecule has 1 heterocycles. The van der Waals surface area contributed by atoms with Crippen molar-refractivity contribution in [2.45, 2.75) is 76.8 Å². The van der Waals surface area contributed by atoms with Gasteiger partial charge >= 0.3 is 6.03 Å². The van der Waals surface area contributed by atoms with E-state index >= 15 is 0 Å². The predicted molar refractivity (Wildman–Crippen MR) is 87.1 cm³/mol. The molecule has 0 spiro atoms. The van der Waals surface area contributed by atoms with Crippen LogP contribution >= 0.6 is 0 Å². The summed E-state index contributed by atoms with van der Waals surface area (Å²) in [6.07, 6.45) is 11.6. The lowest BCUT2D eigenvalue weighted by atomic mass is 9.76. The predicted octanol–water partition coefficient (Wildman–Crippen LogP) is 3.11. The van der Waals surface area contributed by atoms with E-state index in [4.69, 9.17) is 5.73 Å². The van der Waals surface area contributed by atoms with Crippen molar-refractivity contribution in [1.82, 2.24) is 10.2 Å². The van der Waals surface area contributed by atoms with Crippen LogP contribution in [0.2, 0.25) is 0 Å². The van der Waals surface area contributed by atoms with E-state index in [0.717, 1.165) is 25.3 Å². The monoisotopic (exact) mass is 295 g/mol. The third-order valence-electron chi connectivity index (χ3n) is 5.75. The van der Waals surface area contributed by atoms with Crippen LogP contribution in [0, 0.1) is 11.8 Å². The molecule has 0 aromatic carbocycles. The Balaban J connectivity index is 2.07. The number of hydrogen-bond acceptors (Lipinski definition) is 2. The molecular formula is C17H33N3O. The van der Waals surface area contributed by atoms with Gasteiger partial charge in [-0.15, -0.1) is 0 Å². The van der Waals surface area contributed by atoms with E-state index in [-0.39, 0.29) is 6.03 Å². The minimum Gasteiger partial charge on any atom is -0.351 e. The Kier molecular flexibility index (Phi) is 6.34. The summed E-state index contributed by atoms with van der Waals surface area (Å²) < 4.78 is 0. The molecule has 3 atom stereocenters. The van der Waals surface area contributed by atoms with Gasteiger partial charge in [-0.2, -0.15) is 0 Å². The largest absolute Gasteiger partial charge is 0.351 e. The van der Waals surface area contributed by atoms with Crippen LogP contribution in [-0.2, 0) is 0 Å². The topological polar surface area (TPSA) is 58.4 Å². The van der Waals surface area contributed by atoms with Gasteiger partial charge in [-0.25, -0.2) is 4.79 Å². The van der Waals surface area contributed by atoms with Crippen LogP contribution in [0.3, 0.4) is 0 Å². The fraction of sp³-hybridized carbons (Fsp3) is 0.941. The zero-order valence-corrected chi connectivity index (χ0v) is 13.8. The number of likely N-dealkylation sites (tertiary alicyclic amines) is 1. The average molecular weight is 295 g/mol. The molecule has 0 aromatic rings. The van der Waals surface area contributed by atoms with Crippen molar-refractivity contribution >= 4 is 6.03 Å². The summed E-state index contributed by atoms with van der Waals surface area (Å²) in [5, 5.41) is 3.43. The van der Waals surface area contributed by atoms with Gasteiger partial charge in [-0.1, -0.05) is 32.1 Å². The first-order chi connectivity index (χ1) is 10.1. The molecule has 2 amide bonds. The number of nitrogens with zero attached hydrogens (tertiary/aromatic N) is 1. The summed E-state index contributed by atoms with van der Waals surface area (Å²) >= 11 is 0. The molecule has 2 aliphatic rings. The SMILES string of the molecule is CN[C@H](C)[C@H](CC1CCCCC1)C1CCCCN1C(N)=O. The van der Waals surface area contributed by atoms with Gasteiger partial charge in [0.15, 0.2) is 0 Å². The molecule has 1 aliphatic heterocycles. The number of carbonyl (C=O) groups excluding carboxylic acids is 1. The molecule has 0 radical (unpaired) electrons. The second-order valence-electron chi connectivity index (χ2n) is 7.08. The maximum Gasteiger partial charge on any atom is 0.315 e. The van der Waals surface area contributed by atoms with Gasteiger partial charge in [-0.05, 0) is 51.5 Å². The van der Waals surface area contributed by atoms with Gasteiger partial charge in [0.1, 0.15) is 0 Å². The van der Waals surface area contributed by atoms with Crippen molar-refractivity contribution in [3.05, 3.63) is 0 Å². The third-order valence-corrected chi connectivity index (χ3v) is 5.75. The van der Waals surface area contributed by atoms with Crippen molar-refractivity contribution in [2.24, 2.45) is 17.6 Å². The van der Waals surface area contributed by atoms with E-state index in [1.54, 1.807) is 0 Å². The maximum atomic E-state index is 11.8. The van der Waals surface area contributed by atoms with Gasteiger partial charge in [0.05, 0.1) is 0 Å². The summed E-state index contributed by atoms with van der Waals surface area (Å²) in [6.45, 7) is 3.11. The standard InChI is InChI=1S/C17H33N3O/c1-13(19-2)15(12-14-8-4-3-5-9-14)16-10-6-7-11-20(16)17(18)21/h13-16,19H,3-12H2,1-2H3,(H2,18,21)/t13-,15+,16?/m1/s1. The van der Waals surface area contributed by atoms with Crippen LogP contribution in [0.15, 0.2) is 0 Å². The Morgan fingerprint density at radius 1 is 1.19 bits per heavy atom. The van der Waals surface area contributed by atoms with Crippen molar-refractivity contribution in [1.29, 1.82) is 0 Å². The summed E-state index contributed by atoms with van der Waals surface area (Å²) in [5.41, 5.74) is 5.64. The molecule has 1 unspecified atom stereocenters. The van der Waals surface area contributed by atoms with E-state index in [9.17, 15) is 4.79 Å². The molecule has 122 valence electrons. The van der Waals surface area contributed by atoms with Crippen LogP contribution < -0.4 is 11.1 Å². The van der Waals surface area contributed by atoms with Crippen molar-refractivity contribution in [2.75, 3.05) is 13.6 Å². The van der Waals surface area contributed by atoms with Crippen LogP contribution in [0.4, 0.5) is 4.79 Å². The fourth-order valence-electron chi connectivity index (χ4n) is 4.39. The Hall–Kier alpha value is -0.770. The average Bonchev–Trinajstić information content (AvgIpc) is 2.53. The summed E-state index contributed by atoms with van der Waals surface area (Å²) in [4.78, 5) is 13.7. The van der Waals surface area contributed by atoms with E-state index in [2.05, 4.69) is 12.2 Å². The highest BCUT2D eigenvalue weighted by Crippen LogP contribution is 2.35. The molecule has 4 heteroatoms. The number of urea groups is 1. The molecule has 21 heavy (non-hydrogen) atoms.